The summed E-state index contributed by atoms with van der Waals surface area (Å²) in [4.78, 5) is 11.1. The molecule has 0 unspecified atom stereocenters. The highest BCUT2D eigenvalue weighted by Gasteiger charge is 2.49. The Morgan fingerprint density at radius 2 is 1.84 bits per heavy atom. The van der Waals surface area contributed by atoms with Crippen LogP contribution < -0.4 is 4.74 Å². The third kappa shape index (κ3) is 1.75. The Morgan fingerprint density at radius 1 is 1.21 bits per heavy atom. The smallest absolute Gasteiger partial charge is 0.342 e. The maximum atomic E-state index is 11.1. The highest BCUT2D eigenvalue weighted by atomic mass is 16.5. The zero-order valence-electron chi connectivity index (χ0n) is 10.7. The zero-order chi connectivity index (χ0) is 13.0. The van der Waals surface area contributed by atoms with Gasteiger partial charge in [-0.2, -0.15) is 5.10 Å². The van der Waals surface area contributed by atoms with Gasteiger partial charge in [-0.3, -0.25) is 0 Å². The SMILES string of the molecule is O=C(O)c1cn[nH]c1OC1C2CC3CC(C2)CC1C3. The van der Waals surface area contributed by atoms with Gasteiger partial charge in [0.1, 0.15) is 11.7 Å². The predicted molar refractivity (Wildman–Crippen MR) is 67.0 cm³/mol. The molecule has 0 aliphatic heterocycles. The van der Waals surface area contributed by atoms with Crippen molar-refractivity contribution in [2.24, 2.45) is 23.7 Å². The third-order valence-corrected chi connectivity index (χ3v) is 5.23. The number of hydrogen-bond donors (Lipinski definition) is 2. The van der Waals surface area contributed by atoms with Crippen LogP contribution in [0.3, 0.4) is 0 Å². The first-order valence-corrected chi connectivity index (χ1v) is 7.14. The van der Waals surface area contributed by atoms with Gasteiger partial charge in [-0.25, -0.2) is 9.89 Å². The lowest BCUT2D eigenvalue weighted by molar-refractivity contribution is -0.0807. The molecular formula is C14H18N2O3. The van der Waals surface area contributed by atoms with E-state index in [1.807, 2.05) is 0 Å². The molecule has 19 heavy (non-hydrogen) atoms. The van der Waals surface area contributed by atoms with Gasteiger partial charge in [0.05, 0.1) is 6.20 Å². The Hall–Kier alpha value is -1.52. The second kappa shape index (κ2) is 3.99. The number of aromatic carboxylic acids is 1. The predicted octanol–water partition coefficient (Wildman–Crippen LogP) is 2.31. The Bertz CT molecular complexity index is 483. The summed E-state index contributed by atoms with van der Waals surface area (Å²) in [6, 6.07) is 0. The Kier molecular flexibility index (Phi) is 2.37. The monoisotopic (exact) mass is 262 g/mol. The molecule has 4 saturated carbocycles. The number of H-pyrrole nitrogens is 1. The van der Waals surface area contributed by atoms with Crippen LogP contribution in [0.1, 0.15) is 42.5 Å². The number of hydrogen-bond acceptors (Lipinski definition) is 3. The highest BCUT2D eigenvalue weighted by molar-refractivity contribution is 5.89. The lowest BCUT2D eigenvalue weighted by Crippen LogP contribution is -2.50. The van der Waals surface area contributed by atoms with E-state index in [-0.39, 0.29) is 11.7 Å². The molecule has 1 heterocycles. The molecule has 4 aliphatic rings. The van der Waals surface area contributed by atoms with Gasteiger partial charge in [-0.1, -0.05) is 0 Å². The number of carboxylic acids is 1. The normalized spacial score (nSPS) is 39.5. The molecule has 0 aromatic carbocycles. The lowest BCUT2D eigenvalue weighted by atomic mass is 9.55. The number of nitrogens with zero attached hydrogens (tertiary/aromatic N) is 1. The van der Waals surface area contributed by atoms with Crippen LogP contribution in [0.25, 0.3) is 0 Å². The van der Waals surface area contributed by atoms with Crippen molar-refractivity contribution in [3.63, 3.8) is 0 Å². The lowest BCUT2D eigenvalue weighted by Gasteiger charge is -2.53. The van der Waals surface area contributed by atoms with Crippen molar-refractivity contribution in [3.05, 3.63) is 11.8 Å². The summed E-state index contributed by atoms with van der Waals surface area (Å²) >= 11 is 0. The van der Waals surface area contributed by atoms with Crippen molar-refractivity contribution in [1.82, 2.24) is 10.2 Å². The van der Waals surface area contributed by atoms with Crippen LogP contribution >= 0.6 is 0 Å². The summed E-state index contributed by atoms with van der Waals surface area (Å²) in [6.07, 6.45) is 7.95. The van der Waals surface area contributed by atoms with E-state index in [1.165, 1.54) is 38.3 Å². The minimum atomic E-state index is -0.979. The van der Waals surface area contributed by atoms with Gasteiger partial charge >= 0.3 is 5.97 Å². The fourth-order valence-corrected chi connectivity index (χ4v) is 4.72. The van der Waals surface area contributed by atoms with E-state index >= 15 is 0 Å². The van der Waals surface area contributed by atoms with Crippen LogP contribution in [0.5, 0.6) is 5.88 Å². The molecule has 0 atom stereocenters. The number of carboxylic acid groups (broad SMARTS) is 1. The minimum absolute atomic E-state index is 0.147. The molecule has 4 bridgehead atoms. The van der Waals surface area contributed by atoms with Crippen LogP contribution in [0.2, 0.25) is 0 Å². The third-order valence-electron chi connectivity index (χ3n) is 5.23. The van der Waals surface area contributed by atoms with Gasteiger partial charge in [0, 0.05) is 0 Å². The second-order valence-electron chi connectivity index (χ2n) is 6.43. The van der Waals surface area contributed by atoms with Gasteiger partial charge in [0.25, 0.3) is 0 Å². The van der Waals surface area contributed by atoms with Crippen molar-refractivity contribution in [2.75, 3.05) is 0 Å². The van der Waals surface area contributed by atoms with Gasteiger partial charge in [0.2, 0.25) is 5.88 Å². The number of rotatable bonds is 3. The van der Waals surface area contributed by atoms with Crippen LogP contribution in [-0.2, 0) is 0 Å². The van der Waals surface area contributed by atoms with Crippen molar-refractivity contribution in [1.29, 1.82) is 0 Å². The summed E-state index contributed by atoms with van der Waals surface area (Å²) in [6.45, 7) is 0. The number of aromatic amines is 1. The van der Waals surface area contributed by atoms with Gasteiger partial charge in [-0.05, 0) is 55.8 Å². The maximum absolute atomic E-state index is 11.1. The molecule has 5 rings (SSSR count). The summed E-state index contributed by atoms with van der Waals surface area (Å²) in [5.41, 5.74) is 0.147. The molecule has 4 fully saturated rings. The zero-order valence-corrected chi connectivity index (χ0v) is 10.7. The topological polar surface area (TPSA) is 75.2 Å². The molecule has 5 nitrogen and oxygen atoms in total. The number of ether oxygens (including phenoxy) is 1. The summed E-state index contributed by atoms with van der Waals surface area (Å²) in [5.74, 6) is 2.37. The summed E-state index contributed by atoms with van der Waals surface area (Å²) in [5, 5.41) is 15.6. The molecule has 1 aromatic heterocycles. The second-order valence-corrected chi connectivity index (χ2v) is 6.43. The Labute approximate surface area is 111 Å². The number of aromatic nitrogens is 2. The highest BCUT2D eigenvalue weighted by Crippen LogP contribution is 2.54. The van der Waals surface area contributed by atoms with E-state index in [0.29, 0.717) is 17.7 Å². The number of nitrogens with one attached hydrogen (secondary N) is 1. The van der Waals surface area contributed by atoms with E-state index in [2.05, 4.69) is 10.2 Å². The average Bonchev–Trinajstić information content (AvgIpc) is 2.81. The first-order chi connectivity index (χ1) is 9.20. The van der Waals surface area contributed by atoms with Crippen molar-refractivity contribution in [3.8, 4) is 5.88 Å². The van der Waals surface area contributed by atoms with Gasteiger partial charge < -0.3 is 9.84 Å². The molecule has 1 aromatic rings. The maximum Gasteiger partial charge on any atom is 0.342 e. The fraction of sp³-hybridized carbons (Fsp3) is 0.714. The quantitative estimate of drug-likeness (QED) is 0.876. The molecule has 2 N–H and O–H groups in total. The first kappa shape index (κ1) is 11.3. The van der Waals surface area contributed by atoms with Crippen LogP contribution in [0.4, 0.5) is 0 Å². The fourth-order valence-electron chi connectivity index (χ4n) is 4.72. The summed E-state index contributed by atoms with van der Waals surface area (Å²) in [7, 11) is 0. The van der Waals surface area contributed by atoms with E-state index < -0.39 is 5.97 Å². The number of carbonyl (C=O) groups is 1. The molecule has 0 spiro atoms. The van der Waals surface area contributed by atoms with E-state index in [1.54, 1.807) is 0 Å². The molecular weight excluding hydrogens is 244 g/mol. The minimum Gasteiger partial charge on any atom is -0.477 e. The van der Waals surface area contributed by atoms with Crippen molar-refractivity contribution in [2.45, 2.75) is 38.2 Å². The van der Waals surface area contributed by atoms with E-state index in [9.17, 15) is 4.79 Å². The van der Waals surface area contributed by atoms with Crippen molar-refractivity contribution >= 4 is 5.97 Å². The van der Waals surface area contributed by atoms with Crippen LogP contribution in [0, 0.1) is 23.7 Å². The van der Waals surface area contributed by atoms with Crippen molar-refractivity contribution < 1.29 is 14.6 Å². The van der Waals surface area contributed by atoms with E-state index in [0.717, 1.165) is 11.8 Å². The molecule has 5 heteroatoms. The average molecular weight is 262 g/mol. The standard InChI is InChI=1S/C14H18N2O3/c17-14(18)11-6-15-16-13(11)19-12-9-2-7-1-8(4-9)5-10(12)3-7/h6-10,12H,1-5H2,(H,15,16)(H,17,18). The van der Waals surface area contributed by atoms with Gasteiger partial charge in [0.15, 0.2) is 0 Å². The summed E-state index contributed by atoms with van der Waals surface area (Å²) < 4.78 is 6.02. The first-order valence-electron chi connectivity index (χ1n) is 7.14. The molecule has 0 saturated heterocycles. The van der Waals surface area contributed by atoms with Crippen LogP contribution in [0.15, 0.2) is 6.20 Å². The molecule has 102 valence electrons. The molecule has 4 aliphatic carbocycles. The van der Waals surface area contributed by atoms with Crippen LogP contribution in [-0.4, -0.2) is 27.4 Å². The Balaban J connectivity index is 1.57. The van der Waals surface area contributed by atoms with Gasteiger partial charge in [-0.15, -0.1) is 0 Å². The molecule has 0 amide bonds. The van der Waals surface area contributed by atoms with E-state index in [4.69, 9.17) is 9.84 Å². The Morgan fingerprint density at radius 3 is 2.42 bits per heavy atom. The largest absolute Gasteiger partial charge is 0.477 e. The molecule has 0 radical (unpaired) electrons.